The predicted octanol–water partition coefficient (Wildman–Crippen LogP) is 4.89. The van der Waals surface area contributed by atoms with Gasteiger partial charge in [-0.3, -0.25) is 9.59 Å². The van der Waals surface area contributed by atoms with Crippen molar-refractivity contribution in [2.75, 3.05) is 19.6 Å². The summed E-state index contributed by atoms with van der Waals surface area (Å²) in [5.41, 5.74) is 1.75. The molecular weight excluding hydrogens is 529 g/mol. The van der Waals surface area contributed by atoms with Crippen molar-refractivity contribution < 1.29 is 22.4 Å². The van der Waals surface area contributed by atoms with E-state index in [1.807, 2.05) is 11.8 Å². The van der Waals surface area contributed by atoms with E-state index >= 15 is 0 Å². The van der Waals surface area contributed by atoms with E-state index in [2.05, 4.69) is 0 Å². The van der Waals surface area contributed by atoms with E-state index in [0.717, 1.165) is 49.7 Å². The Kier molecular flexibility index (Phi) is 8.90. The summed E-state index contributed by atoms with van der Waals surface area (Å²) in [6, 6.07) is 12.5. The van der Waals surface area contributed by atoms with Crippen LogP contribution in [-0.2, 0) is 26.2 Å². The van der Waals surface area contributed by atoms with Crippen LogP contribution in [0.5, 0.6) is 0 Å². The highest BCUT2D eigenvalue weighted by Crippen LogP contribution is 2.33. The van der Waals surface area contributed by atoms with E-state index in [9.17, 15) is 22.4 Å². The van der Waals surface area contributed by atoms with Crippen LogP contribution in [0.2, 0.25) is 0 Å². The Bertz CT molecular complexity index is 1280. The van der Waals surface area contributed by atoms with Gasteiger partial charge < -0.3 is 9.80 Å². The fourth-order valence-corrected chi connectivity index (χ4v) is 7.69. The number of likely N-dealkylation sites (tertiary alicyclic amines) is 1. The number of piperidine rings is 1. The van der Waals surface area contributed by atoms with Crippen LogP contribution in [0, 0.1) is 18.7 Å². The topological polar surface area (TPSA) is 78.0 Å². The number of carbonyl (C=O) groups is 2. The summed E-state index contributed by atoms with van der Waals surface area (Å²) in [5, 5.41) is 0. The zero-order chi connectivity index (χ0) is 28.3. The molecule has 216 valence electrons. The third-order valence-corrected chi connectivity index (χ3v) is 10.5. The van der Waals surface area contributed by atoms with Gasteiger partial charge in [0.25, 0.3) is 0 Å². The molecule has 0 spiro atoms. The number of rotatable bonds is 9. The van der Waals surface area contributed by atoms with Gasteiger partial charge in [0.1, 0.15) is 5.82 Å². The van der Waals surface area contributed by atoms with Gasteiger partial charge in [-0.1, -0.05) is 49.1 Å². The van der Waals surface area contributed by atoms with Gasteiger partial charge in [-0.15, -0.1) is 0 Å². The molecule has 7 nitrogen and oxygen atoms in total. The molecule has 1 saturated heterocycles. The molecule has 2 aromatic rings. The van der Waals surface area contributed by atoms with Crippen molar-refractivity contribution in [1.29, 1.82) is 0 Å². The van der Waals surface area contributed by atoms with E-state index in [-0.39, 0.29) is 53.6 Å². The summed E-state index contributed by atoms with van der Waals surface area (Å²) >= 11 is 0. The molecule has 2 amide bonds. The molecule has 2 saturated carbocycles. The maximum absolute atomic E-state index is 13.9. The zero-order valence-corrected chi connectivity index (χ0v) is 24.1. The zero-order valence-electron chi connectivity index (χ0n) is 23.3. The lowest BCUT2D eigenvalue weighted by Gasteiger charge is -2.40. The first-order valence-corrected chi connectivity index (χ1v) is 16.1. The minimum atomic E-state index is -3.84. The van der Waals surface area contributed by atoms with Crippen LogP contribution in [0.3, 0.4) is 0 Å². The van der Waals surface area contributed by atoms with Gasteiger partial charge in [0, 0.05) is 37.6 Å². The summed E-state index contributed by atoms with van der Waals surface area (Å²) in [7, 11) is -3.84. The average Bonchev–Trinajstić information content (AvgIpc) is 3.81. The van der Waals surface area contributed by atoms with Crippen LogP contribution >= 0.6 is 0 Å². The summed E-state index contributed by atoms with van der Waals surface area (Å²) in [4.78, 5) is 30.9. The lowest BCUT2D eigenvalue weighted by atomic mass is 9.87. The molecule has 0 atom stereocenters. The SMILES string of the molecule is Cc1ccc(S(=O)(=O)N(CC(=O)N(Cc2ccc(F)cc2)C2CCN(C(=O)C3CCCCC3)CC2)C2CC2)cc1. The summed E-state index contributed by atoms with van der Waals surface area (Å²) in [5.74, 6) is -0.260. The highest BCUT2D eigenvalue weighted by atomic mass is 32.2. The first-order chi connectivity index (χ1) is 19.2. The number of carbonyl (C=O) groups excluding carboxylic acids is 2. The second kappa shape index (κ2) is 12.4. The molecule has 2 aromatic carbocycles. The first kappa shape index (κ1) is 28.7. The molecule has 3 aliphatic rings. The Labute approximate surface area is 237 Å². The molecular formula is C31H40FN3O4S. The van der Waals surface area contributed by atoms with Crippen LogP contribution in [0.1, 0.15) is 68.9 Å². The van der Waals surface area contributed by atoms with Crippen molar-refractivity contribution >= 4 is 21.8 Å². The van der Waals surface area contributed by atoms with Crippen molar-refractivity contribution in [3.63, 3.8) is 0 Å². The van der Waals surface area contributed by atoms with Crippen LogP contribution in [-0.4, -0.2) is 66.1 Å². The molecule has 0 N–H and O–H groups in total. The summed E-state index contributed by atoms with van der Waals surface area (Å²) in [6.07, 6.45) is 8.07. The van der Waals surface area contributed by atoms with Crippen molar-refractivity contribution in [1.82, 2.24) is 14.1 Å². The standard InChI is InChI=1S/C31H40FN3O4S/c1-23-7-15-29(16-8-23)40(38,39)35(28-13-14-28)22-30(36)34(21-24-9-11-26(32)12-10-24)27-17-19-33(20-18-27)31(37)25-5-3-2-4-6-25/h7-12,15-16,25,27-28H,2-6,13-14,17-22H2,1H3. The predicted molar refractivity (Wildman–Crippen MR) is 151 cm³/mol. The normalized spacial score (nSPS) is 19.1. The van der Waals surface area contributed by atoms with E-state index in [0.29, 0.717) is 25.9 Å². The Balaban J connectivity index is 1.32. The molecule has 1 aliphatic heterocycles. The fraction of sp³-hybridized carbons (Fsp3) is 0.548. The molecule has 3 fully saturated rings. The Hall–Kier alpha value is -2.78. The van der Waals surface area contributed by atoms with E-state index in [1.165, 1.54) is 22.9 Å². The van der Waals surface area contributed by atoms with Gasteiger partial charge in [0.05, 0.1) is 11.4 Å². The van der Waals surface area contributed by atoms with Gasteiger partial charge in [0.15, 0.2) is 0 Å². The third-order valence-electron chi connectivity index (χ3n) is 8.63. The third kappa shape index (κ3) is 6.74. The lowest BCUT2D eigenvalue weighted by molar-refractivity contribution is -0.140. The number of halogens is 1. The molecule has 0 radical (unpaired) electrons. The Morgan fingerprint density at radius 2 is 1.48 bits per heavy atom. The molecule has 5 rings (SSSR count). The van der Waals surface area contributed by atoms with Crippen LogP contribution in [0.25, 0.3) is 0 Å². The lowest BCUT2D eigenvalue weighted by Crippen LogP contribution is -2.52. The quantitative estimate of drug-likeness (QED) is 0.431. The largest absolute Gasteiger partial charge is 0.342 e. The molecule has 0 unspecified atom stereocenters. The number of amides is 2. The molecule has 0 bridgehead atoms. The van der Waals surface area contributed by atoms with Crippen molar-refractivity contribution in [3.8, 4) is 0 Å². The minimum absolute atomic E-state index is 0.112. The van der Waals surface area contributed by atoms with Crippen LogP contribution in [0.15, 0.2) is 53.4 Å². The van der Waals surface area contributed by atoms with Gasteiger partial charge in [-0.2, -0.15) is 4.31 Å². The second-order valence-corrected chi connectivity index (χ2v) is 13.5. The highest BCUT2D eigenvalue weighted by molar-refractivity contribution is 7.89. The fourth-order valence-electron chi connectivity index (χ4n) is 6.06. The number of nitrogens with zero attached hydrogens (tertiary/aromatic N) is 3. The van der Waals surface area contributed by atoms with Gasteiger partial charge in [0.2, 0.25) is 21.8 Å². The van der Waals surface area contributed by atoms with E-state index < -0.39 is 10.0 Å². The maximum atomic E-state index is 13.9. The van der Waals surface area contributed by atoms with Crippen molar-refractivity contribution in [3.05, 3.63) is 65.5 Å². The smallest absolute Gasteiger partial charge is 0.243 e. The van der Waals surface area contributed by atoms with Crippen LogP contribution < -0.4 is 0 Å². The summed E-state index contributed by atoms with van der Waals surface area (Å²) < 4.78 is 42.1. The van der Waals surface area contributed by atoms with Gasteiger partial charge in [-0.25, -0.2) is 12.8 Å². The first-order valence-electron chi connectivity index (χ1n) is 14.6. The second-order valence-electron chi connectivity index (χ2n) is 11.6. The molecule has 40 heavy (non-hydrogen) atoms. The number of benzene rings is 2. The molecule has 0 aromatic heterocycles. The highest BCUT2D eigenvalue weighted by Gasteiger charge is 2.41. The molecule has 2 aliphatic carbocycles. The number of aryl methyl sites for hydroxylation is 1. The van der Waals surface area contributed by atoms with Crippen LogP contribution in [0.4, 0.5) is 4.39 Å². The van der Waals surface area contributed by atoms with E-state index in [1.54, 1.807) is 41.3 Å². The number of hydrogen-bond donors (Lipinski definition) is 0. The van der Waals surface area contributed by atoms with Gasteiger partial charge >= 0.3 is 0 Å². The van der Waals surface area contributed by atoms with Crippen molar-refractivity contribution in [2.45, 2.75) is 88.2 Å². The number of sulfonamides is 1. The maximum Gasteiger partial charge on any atom is 0.243 e. The Morgan fingerprint density at radius 1 is 0.850 bits per heavy atom. The Morgan fingerprint density at radius 3 is 2.08 bits per heavy atom. The minimum Gasteiger partial charge on any atom is -0.342 e. The molecule has 9 heteroatoms. The van der Waals surface area contributed by atoms with Gasteiger partial charge in [-0.05, 0) is 75.3 Å². The molecule has 1 heterocycles. The monoisotopic (exact) mass is 569 g/mol. The van der Waals surface area contributed by atoms with Crippen molar-refractivity contribution in [2.24, 2.45) is 5.92 Å². The number of hydrogen-bond acceptors (Lipinski definition) is 4. The average molecular weight is 570 g/mol. The van der Waals surface area contributed by atoms with E-state index in [4.69, 9.17) is 0 Å². The summed E-state index contributed by atoms with van der Waals surface area (Å²) in [6.45, 7) is 3.11.